The minimum Gasteiger partial charge on any atom is -0.481 e. The van der Waals surface area contributed by atoms with Crippen molar-refractivity contribution in [1.29, 1.82) is 0 Å². The van der Waals surface area contributed by atoms with Crippen LogP contribution in [0.5, 0.6) is 0 Å². The number of piperidine rings is 1. The highest BCUT2D eigenvalue weighted by molar-refractivity contribution is 5.75. The van der Waals surface area contributed by atoms with Gasteiger partial charge in [0.1, 0.15) is 11.5 Å². The molecule has 2 aliphatic heterocycles. The molecule has 0 bridgehead atoms. The first-order valence-electron chi connectivity index (χ1n) is 10.6. The molecule has 1 amide bonds. The summed E-state index contributed by atoms with van der Waals surface area (Å²) in [5.41, 5.74) is -0.486. The number of anilines is 1. The maximum atomic E-state index is 12.1. The number of carbonyl (C=O) groups is 2. The van der Waals surface area contributed by atoms with E-state index in [0.717, 1.165) is 12.8 Å². The Balaban J connectivity index is 1.42. The molecule has 1 N–H and O–H groups in total. The molecule has 1 aromatic rings. The van der Waals surface area contributed by atoms with Crippen molar-refractivity contribution in [2.45, 2.75) is 71.2 Å². The number of aromatic nitrogens is 1. The minimum absolute atomic E-state index is 0.0812. The number of carbonyl (C=O) groups excluding carboxylic acids is 1. The SMILES string of the molecule is CC(C)C(C(=O)O)c1cc(N2CC(OC3CCN(C(=O)OC(C)(C)C)CC3)C2)no1. The van der Waals surface area contributed by atoms with Gasteiger partial charge in [0.25, 0.3) is 0 Å². The van der Waals surface area contributed by atoms with E-state index in [4.69, 9.17) is 14.0 Å². The molecule has 168 valence electrons. The molecule has 2 aliphatic rings. The molecule has 3 heterocycles. The van der Waals surface area contributed by atoms with E-state index < -0.39 is 17.5 Å². The molecule has 1 unspecified atom stereocenters. The Morgan fingerprint density at radius 3 is 2.37 bits per heavy atom. The van der Waals surface area contributed by atoms with Gasteiger partial charge in [-0.1, -0.05) is 19.0 Å². The Morgan fingerprint density at radius 2 is 1.83 bits per heavy atom. The average molecular weight is 424 g/mol. The molecule has 30 heavy (non-hydrogen) atoms. The standard InChI is InChI=1S/C21H33N3O6/c1-13(2)18(19(25)26)16-10-17(22-30-16)24-11-15(12-24)28-14-6-8-23(9-7-14)20(27)29-21(3,4)5/h10,13-15,18H,6-9,11-12H2,1-5H3,(H,25,26). The Hall–Kier alpha value is -2.29. The fourth-order valence-corrected chi connectivity index (χ4v) is 3.79. The van der Waals surface area contributed by atoms with Crippen molar-refractivity contribution in [3.05, 3.63) is 11.8 Å². The lowest BCUT2D eigenvalue weighted by Crippen LogP contribution is -2.54. The molecule has 0 saturated carbocycles. The van der Waals surface area contributed by atoms with Gasteiger partial charge in [-0.3, -0.25) is 4.79 Å². The highest BCUT2D eigenvalue weighted by atomic mass is 16.6. The Bertz CT molecular complexity index is 742. The van der Waals surface area contributed by atoms with Crippen molar-refractivity contribution >= 4 is 17.9 Å². The van der Waals surface area contributed by atoms with Gasteiger partial charge in [0, 0.05) is 32.2 Å². The number of carboxylic acids is 1. The summed E-state index contributed by atoms with van der Waals surface area (Å²) in [5.74, 6) is -0.657. The predicted octanol–water partition coefficient (Wildman–Crippen LogP) is 3.10. The number of amides is 1. The third kappa shape index (κ3) is 5.44. The summed E-state index contributed by atoms with van der Waals surface area (Å²) in [7, 11) is 0. The molecule has 1 aromatic heterocycles. The molecule has 2 fully saturated rings. The first-order chi connectivity index (χ1) is 14.0. The van der Waals surface area contributed by atoms with Gasteiger partial charge in [0.05, 0.1) is 12.2 Å². The number of rotatable bonds is 6. The third-order valence-corrected chi connectivity index (χ3v) is 5.41. The van der Waals surface area contributed by atoms with Gasteiger partial charge in [-0.05, 0) is 39.5 Å². The average Bonchev–Trinajstić information content (AvgIpc) is 3.04. The molecular formula is C21H33N3O6. The summed E-state index contributed by atoms with van der Waals surface area (Å²) in [6.07, 6.45) is 1.54. The highest BCUT2D eigenvalue weighted by Crippen LogP contribution is 2.30. The van der Waals surface area contributed by atoms with Gasteiger partial charge in [-0.25, -0.2) is 4.79 Å². The Kier molecular flexibility index (Phi) is 6.59. The second-order valence-electron chi connectivity index (χ2n) is 9.48. The first kappa shape index (κ1) is 22.4. The molecule has 2 saturated heterocycles. The van der Waals surface area contributed by atoms with E-state index in [1.54, 1.807) is 11.0 Å². The van der Waals surface area contributed by atoms with Crippen LogP contribution in [0.15, 0.2) is 10.6 Å². The summed E-state index contributed by atoms with van der Waals surface area (Å²) in [4.78, 5) is 27.4. The van der Waals surface area contributed by atoms with Crippen LogP contribution in [0.1, 0.15) is 59.1 Å². The van der Waals surface area contributed by atoms with Crippen molar-refractivity contribution in [2.24, 2.45) is 5.92 Å². The Morgan fingerprint density at radius 1 is 1.20 bits per heavy atom. The fraction of sp³-hybridized carbons (Fsp3) is 0.762. The van der Waals surface area contributed by atoms with Gasteiger partial charge in [-0.15, -0.1) is 0 Å². The quantitative estimate of drug-likeness (QED) is 0.744. The first-order valence-corrected chi connectivity index (χ1v) is 10.6. The fourth-order valence-electron chi connectivity index (χ4n) is 3.79. The van der Waals surface area contributed by atoms with E-state index >= 15 is 0 Å². The van der Waals surface area contributed by atoms with Crippen LogP contribution in [0.3, 0.4) is 0 Å². The number of nitrogens with zero attached hydrogens (tertiary/aromatic N) is 3. The molecule has 3 rings (SSSR count). The summed E-state index contributed by atoms with van der Waals surface area (Å²) < 4.78 is 16.9. The molecule has 1 atom stereocenters. The summed E-state index contributed by atoms with van der Waals surface area (Å²) >= 11 is 0. The number of likely N-dealkylation sites (tertiary alicyclic amines) is 1. The number of ether oxygens (including phenoxy) is 2. The molecule has 0 spiro atoms. The van der Waals surface area contributed by atoms with E-state index in [0.29, 0.717) is 37.8 Å². The van der Waals surface area contributed by atoms with Crippen molar-refractivity contribution < 1.29 is 28.7 Å². The smallest absolute Gasteiger partial charge is 0.410 e. The molecule has 0 aliphatic carbocycles. The second-order valence-corrected chi connectivity index (χ2v) is 9.48. The van der Waals surface area contributed by atoms with E-state index in [2.05, 4.69) is 5.16 Å². The van der Waals surface area contributed by atoms with Gasteiger partial charge in [0.2, 0.25) is 0 Å². The number of hydrogen-bond donors (Lipinski definition) is 1. The van der Waals surface area contributed by atoms with Gasteiger partial charge in [-0.2, -0.15) is 0 Å². The van der Waals surface area contributed by atoms with Crippen LogP contribution in [0.4, 0.5) is 10.6 Å². The molecule has 9 nitrogen and oxygen atoms in total. The van der Waals surface area contributed by atoms with Crippen LogP contribution >= 0.6 is 0 Å². The van der Waals surface area contributed by atoms with E-state index in [9.17, 15) is 14.7 Å². The van der Waals surface area contributed by atoms with Crippen LogP contribution in [0, 0.1) is 5.92 Å². The van der Waals surface area contributed by atoms with E-state index in [-0.39, 0.29) is 24.2 Å². The lowest BCUT2D eigenvalue weighted by Gasteiger charge is -2.42. The number of carboxylic acid groups (broad SMARTS) is 1. The zero-order valence-corrected chi connectivity index (χ0v) is 18.5. The number of aliphatic carboxylic acids is 1. The topological polar surface area (TPSA) is 105 Å². The van der Waals surface area contributed by atoms with Gasteiger partial charge in [0.15, 0.2) is 11.6 Å². The van der Waals surface area contributed by atoms with Crippen LogP contribution in [-0.4, -0.2) is 71.2 Å². The van der Waals surface area contributed by atoms with E-state index in [1.165, 1.54) is 0 Å². The van der Waals surface area contributed by atoms with Crippen LogP contribution in [-0.2, 0) is 14.3 Å². The largest absolute Gasteiger partial charge is 0.481 e. The van der Waals surface area contributed by atoms with Crippen molar-refractivity contribution in [3.63, 3.8) is 0 Å². The highest BCUT2D eigenvalue weighted by Gasteiger charge is 2.35. The molecule has 9 heteroatoms. The predicted molar refractivity (Wildman–Crippen MR) is 110 cm³/mol. The molecule has 0 radical (unpaired) electrons. The maximum absolute atomic E-state index is 12.1. The zero-order valence-electron chi connectivity index (χ0n) is 18.5. The monoisotopic (exact) mass is 423 g/mol. The van der Waals surface area contributed by atoms with Gasteiger partial charge >= 0.3 is 12.1 Å². The van der Waals surface area contributed by atoms with Crippen molar-refractivity contribution in [2.75, 3.05) is 31.1 Å². The lowest BCUT2D eigenvalue weighted by atomic mass is 9.93. The van der Waals surface area contributed by atoms with Crippen LogP contribution in [0.25, 0.3) is 0 Å². The van der Waals surface area contributed by atoms with Gasteiger partial charge < -0.3 is 28.9 Å². The summed E-state index contributed by atoms with van der Waals surface area (Å²) in [6, 6.07) is 1.72. The normalized spacial score (nSPS) is 19.7. The lowest BCUT2D eigenvalue weighted by molar-refractivity contribution is -0.140. The van der Waals surface area contributed by atoms with Crippen molar-refractivity contribution in [1.82, 2.24) is 10.1 Å². The van der Waals surface area contributed by atoms with E-state index in [1.807, 2.05) is 39.5 Å². The second kappa shape index (κ2) is 8.83. The molecular weight excluding hydrogens is 390 g/mol. The molecule has 0 aromatic carbocycles. The van der Waals surface area contributed by atoms with Crippen LogP contribution in [0.2, 0.25) is 0 Å². The van der Waals surface area contributed by atoms with Crippen molar-refractivity contribution in [3.8, 4) is 0 Å². The maximum Gasteiger partial charge on any atom is 0.410 e. The Labute approximate surface area is 177 Å². The minimum atomic E-state index is -0.907. The summed E-state index contributed by atoms with van der Waals surface area (Å²) in [6.45, 7) is 12.0. The van der Waals surface area contributed by atoms with Crippen LogP contribution < -0.4 is 4.90 Å². The number of hydrogen-bond acceptors (Lipinski definition) is 7. The zero-order chi connectivity index (χ0) is 22.1. The summed E-state index contributed by atoms with van der Waals surface area (Å²) in [5, 5.41) is 13.4. The third-order valence-electron chi connectivity index (χ3n) is 5.41.